The van der Waals surface area contributed by atoms with Crippen LogP contribution in [0, 0.1) is 12.7 Å². The summed E-state index contributed by atoms with van der Waals surface area (Å²) < 4.78 is 18.0. The van der Waals surface area contributed by atoms with E-state index in [0.29, 0.717) is 25.1 Å². The van der Waals surface area contributed by atoms with Crippen molar-refractivity contribution in [2.45, 2.75) is 26.7 Å². The molecule has 26 heavy (non-hydrogen) atoms. The smallest absolute Gasteiger partial charge is 0.307 e. The lowest BCUT2D eigenvalue weighted by atomic mass is 10.1. The molecule has 0 N–H and O–H groups in total. The predicted molar refractivity (Wildman–Crippen MR) is 98.4 cm³/mol. The minimum atomic E-state index is -0.323. The van der Waals surface area contributed by atoms with Crippen molar-refractivity contribution in [3.63, 3.8) is 0 Å². The van der Waals surface area contributed by atoms with Gasteiger partial charge >= 0.3 is 5.97 Å². The third-order valence-corrected chi connectivity index (χ3v) is 4.06. The second kappa shape index (κ2) is 9.70. The second-order valence-electron chi connectivity index (χ2n) is 6.09. The van der Waals surface area contributed by atoms with Gasteiger partial charge in [0.05, 0.1) is 13.0 Å². The fourth-order valence-electron chi connectivity index (χ4n) is 2.57. The van der Waals surface area contributed by atoms with Crippen molar-refractivity contribution in [1.29, 1.82) is 0 Å². The summed E-state index contributed by atoms with van der Waals surface area (Å²) in [6, 6.07) is 13.6. The standard InChI is InChI=1S/C21H24FNO3/c1-3-26-20(24)13-15-23(14-12-17-6-10-19(22)11-7-17)21(25)18-8-4-16(2)5-9-18/h4-11H,3,12-15H2,1-2H3. The minimum absolute atomic E-state index is 0.128. The van der Waals surface area contributed by atoms with Crippen LogP contribution in [0.2, 0.25) is 0 Å². The van der Waals surface area contributed by atoms with Crippen molar-refractivity contribution in [1.82, 2.24) is 4.90 Å². The van der Waals surface area contributed by atoms with E-state index in [4.69, 9.17) is 4.74 Å². The Kier molecular flexibility index (Phi) is 7.33. The van der Waals surface area contributed by atoms with Gasteiger partial charge in [0.15, 0.2) is 0 Å². The molecule has 0 unspecified atom stereocenters. The zero-order valence-corrected chi connectivity index (χ0v) is 15.2. The summed E-state index contributed by atoms with van der Waals surface area (Å²) in [7, 11) is 0. The molecule has 0 aliphatic carbocycles. The number of nitrogens with zero attached hydrogens (tertiary/aromatic N) is 1. The van der Waals surface area contributed by atoms with Gasteiger partial charge in [-0.1, -0.05) is 29.8 Å². The quantitative estimate of drug-likeness (QED) is 0.676. The average Bonchev–Trinajstić information content (AvgIpc) is 2.63. The Morgan fingerprint density at radius 2 is 1.65 bits per heavy atom. The highest BCUT2D eigenvalue weighted by atomic mass is 19.1. The van der Waals surface area contributed by atoms with Crippen LogP contribution >= 0.6 is 0 Å². The molecular weight excluding hydrogens is 333 g/mol. The monoisotopic (exact) mass is 357 g/mol. The van der Waals surface area contributed by atoms with E-state index in [1.165, 1.54) is 12.1 Å². The number of ether oxygens (including phenoxy) is 1. The summed E-state index contributed by atoms with van der Waals surface area (Å²) in [6.45, 7) is 4.76. The third-order valence-electron chi connectivity index (χ3n) is 4.06. The molecule has 2 aromatic rings. The Bertz CT molecular complexity index is 726. The molecule has 2 rings (SSSR count). The van der Waals surface area contributed by atoms with Crippen molar-refractivity contribution < 1.29 is 18.7 Å². The molecule has 0 aliphatic rings. The lowest BCUT2D eigenvalue weighted by molar-refractivity contribution is -0.143. The fraction of sp³-hybridized carbons (Fsp3) is 0.333. The van der Waals surface area contributed by atoms with Gasteiger partial charge in [0.25, 0.3) is 5.91 Å². The molecule has 0 spiro atoms. The van der Waals surface area contributed by atoms with Crippen LogP contribution in [0.3, 0.4) is 0 Å². The molecule has 0 heterocycles. The molecule has 0 aromatic heterocycles. The molecular formula is C21H24FNO3. The van der Waals surface area contributed by atoms with Gasteiger partial charge in [-0.05, 0) is 50.1 Å². The van der Waals surface area contributed by atoms with E-state index >= 15 is 0 Å². The van der Waals surface area contributed by atoms with Gasteiger partial charge in [0.2, 0.25) is 0 Å². The highest BCUT2D eigenvalue weighted by molar-refractivity contribution is 5.94. The van der Waals surface area contributed by atoms with Crippen LogP contribution in [-0.2, 0) is 16.0 Å². The summed E-state index contributed by atoms with van der Waals surface area (Å²) in [5.74, 6) is -0.740. The molecule has 0 radical (unpaired) electrons. The SMILES string of the molecule is CCOC(=O)CCN(CCc1ccc(F)cc1)C(=O)c1ccc(C)cc1. The Hall–Kier alpha value is -2.69. The van der Waals surface area contributed by atoms with Gasteiger partial charge in [-0.2, -0.15) is 0 Å². The van der Waals surface area contributed by atoms with Gasteiger partial charge in [-0.3, -0.25) is 9.59 Å². The maximum absolute atomic E-state index is 13.0. The van der Waals surface area contributed by atoms with E-state index in [0.717, 1.165) is 11.1 Å². The van der Waals surface area contributed by atoms with Crippen LogP contribution in [0.4, 0.5) is 4.39 Å². The summed E-state index contributed by atoms with van der Waals surface area (Å²) in [4.78, 5) is 26.1. The van der Waals surface area contributed by atoms with E-state index < -0.39 is 0 Å². The topological polar surface area (TPSA) is 46.6 Å². The van der Waals surface area contributed by atoms with Crippen molar-refractivity contribution in [3.8, 4) is 0 Å². The average molecular weight is 357 g/mol. The molecule has 1 amide bonds. The van der Waals surface area contributed by atoms with E-state index in [-0.39, 0.29) is 30.7 Å². The molecule has 0 saturated heterocycles. The number of hydrogen-bond donors (Lipinski definition) is 0. The predicted octanol–water partition coefficient (Wildman–Crippen LogP) is 3.77. The minimum Gasteiger partial charge on any atom is -0.466 e. The van der Waals surface area contributed by atoms with Crippen LogP contribution < -0.4 is 0 Å². The molecule has 0 bridgehead atoms. The molecule has 0 atom stereocenters. The maximum Gasteiger partial charge on any atom is 0.307 e. The summed E-state index contributed by atoms with van der Waals surface area (Å²) in [5.41, 5.74) is 2.59. The molecule has 0 aliphatic heterocycles. The number of carbonyl (C=O) groups is 2. The van der Waals surface area contributed by atoms with Crippen molar-refractivity contribution in [2.24, 2.45) is 0 Å². The number of hydrogen-bond acceptors (Lipinski definition) is 3. The Morgan fingerprint density at radius 3 is 2.27 bits per heavy atom. The number of rotatable bonds is 8. The first-order valence-corrected chi connectivity index (χ1v) is 8.75. The summed E-state index contributed by atoms with van der Waals surface area (Å²) in [5, 5.41) is 0. The Labute approximate surface area is 153 Å². The van der Waals surface area contributed by atoms with E-state index in [9.17, 15) is 14.0 Å². The number of esters is 1. The van der Waals surface area contributed by atoms with Crippen LogP contribution in [0.5, 0.6) is 0 Å². The fourth-order valence-corrected chi connectivity index (χ4v) is 2.57. The molecule has 138 valence electrons. The Balaban J connectivity index is 2.06. The van der Waals surface area contributed by atoms with E-state index in [1.54, 1.807) is 36.1 Å². The highest BCUT2D eigenvalue weighted by Gasteiger charge is 2.17. The van der Waals surface area contributed by atoms with Gasteiger partial charge in [-0.15, -0.1) is 0 Å². The van der Waals surface area contributed by atoms with Crippen molar-refractivity contribution >= 4 is 11.9 Å². The van der Waals surface area contributed by atoms with Gasteiger partial charge in [0.1, 0.15) is 5.82 Å². The third kappa shape index (κ3) is 5.99. The number of halogens is 1. The number of aryl methyl sites for hydroxylation is 1. The molecule has 5 heteroatoms. The molecule has 2 aromatic carbocycles. The molecule has 0 fully saturated rings. The summed E-state index contributed by atoms with van der Waals surface area (Å²) in [6.07, 6.45) is 0.732. The largest absolute Gasteiger partial charge is 0.466 e. The molecule has 4 nitrogen and oxygen atoms in total. The first-order valence-electron chi connectivity index (χ1n) is 8.75. The number of carbonyl (C=O) groups excluding carboxylic acids is 2. The normalized spacial score (nSPS) is 10.4. The van der Waals surface area contributed by atoms with Crippen LogP contribution in [0.25, 0.3) is 0 Å². The lowest BCUT2D eigenvalue weighted by Gasteiger charge is -2.22. The van der Waals surface area contributed by atoms with Crippen LogP contribution in [0.1, 0.15) is 34.8 Å². The Morgan fingerprint density at radius 1 is 1.00 bits per heavy atom. The van der Waals surface area contributed by atoms with Crippen molar-refractivity contribution in [2.75, 3.05) is 19.7 Å². The maximum atomic E-state index is 13.0. The van der Waals surface area contributed by atoms with Crippen LogP contribution in [-0.4, -0.2) is 36.5 Å². The second-order valence-corrected chi connectivity index (χ2v) is 6.09. The first kappa shape index (κ1) is 19.6. The van der Waals surface area contributed by atoms with Gasteiger partial charge in [0, 0.05) is 18.7 Å². The van der Waals surface area contributed by atoms with Gasteiger partial charge < -0.3 is 9.64 Å². The van der Waals surface area contributed by atoms with E-state index in [1.807, 2.05) is 19.1 Å². The number of amides is 1. The molecule has 0 saturated carbocycles. The zero-order chi connectivity index (χ0) is 18.9. The highest BCUT2D eigenvalue weighted by Crippen LogP contribution is 2.11. The number of benzene rings is 2. The van der Waals surface area contributed by atoms with Crippen LogP contribution in [0.15, 0.2) is 48.5 Å². The summed E-state index contributed by atoms with van der Waals surface area (Å²) >= 11 is 0. The first-order chi connectivity index (χ1) is 12.5. The zero-order valence-electron chi connectivity index (χ0n) is 15.2. The van der Waals surface area contributed by atoms with Crippen molar-refractivity contribution in [3.05, 3.63) is 71.0 Å². The van der Waals surface area contributed by atoms with Gasteiger partial charge in [-0.25, -0.2) is 4.39 Å². The van der Waals surface area contributed by atoms with E-state index in [2.05, 4.69) is 0 Å². The lowest BCUT2D eigenvalue weighted by Crippen LogP contribution is -2.35.